The van der Waals surface area contributed by atoms with Gasteiger partial charge < -0.3 is 5.73 Å². The van der Waals surface area contributed by atoms with Gasteiger partial charge >= 0.3 is 0 Å². The molecule has 2 rings (SSSR count). The molecule has 5 nitrogen and oxygen atoms in total. The lowest BCUT2D eigenvalue weighted by Crippen LogP contribution is -2.17. The van der Waals surface area contributed by atoms with Crippen LogP contribution in [0.1, 0.15) is 17.4 Å². The van der Waals surface area contributed by atoms with E-state index < -0.39 is 0 Å². The number of pyridine rings is 1. The third-order valence-electron chi connectivity index (χ3n) is 2.28. The van der Waals surface area contributed by atoms with Gasteiger partial charge in [0.05, 0.1) is 17.9 Å². The van der Waals surface area contributed by atoms with Gasteiger partial charge in [-0.25, -0.2) is 0 Å². The van der Waals surface area contributed by atoms with Gasteiger partial charge in [-0.15, -0.1) is 5.10 Å². The van der Waals surface area contributed by atoms with E-state index in [2.05, 4.69) is 15.3 Å². The zero-order valence-corrected chi connectivity index (χ0v) is 8.54. The van der Waals surface area contributed by atoms with Gasteiger partial charge in [0.1, 0.15) is 0 Å². The van der Waals surface area contributed by atoms with Crippen molar-refractivity contribution in [1.29, 1.82) is 0 Å². The summed E-state index contributed by atoms with van der Waals surface area (Å²) in [5, 5.41) is 7.64. The third kappa shape index (κ3) is 2.19. The topological polar surface area (TPSA) is 69.6 Å². The summed E-state index contributed by atoms with van der Waals surface area (Å²) in [6, 6.07) is 5.70. The molecule has 2 N–H and O–H groups in total. The van der Waals surface area contributed by atoms with Gasteiger partial charge in [0, 0.05) is 25.4 Å². The lowest BCUT2D eigenvalue weighted by atomic mass is 10.1. The molecule has 1 unspecified atom stereocenters. The van der Waals surface area contributed by atoms with Gasteiger partial charge in [0.25, 0.3) is 0 Å². The maximum Gasteiger partial charge on any atom is 0.0755 e. The molecule has 78 valence electrons. The van der Waals surface area contributed by atoms with Gasteiger partial charge in [0.15, 0.2) is 0 Å². The van der Waals surface area contributed by atoms with Crippen molar-refractivity contribution in [2.45, 2.75) is 12.5 Å². The average Bonchev–Trinajstić information content (AvgIpc) is 2.66. The van der Waals surface area contributed by atoms with Gasteiger partial charge in [-0.2, -0.15) is 0 Å². The Morgan fingerprint density at radius 3 is 2.93 bits per heavy atom. The number of hydrogen-bond acceptors (Lipinski definition) is 4. The minimum atomic E-state index is -0.111. The Labute approximate surface area is 87.9 Å². The van der Waals surface area contributed by atoms with Gasteiger partial charge in [-0.05, 0) is 12.1 Å². The van der Waals surface area contributed by atoms with Crippen LogP contribution in [0.25, 0.3) is 0 Å². The quantitative estimate of drug-likeness (QED) is 0.786. The predicted molar refractivity (Wildman–Crippen MR) is 55.9 cm³/mol. The molecule has 2 aromatic rings. The predicted octanol–water partition coefficient (Wildman–Crippen LogP) is 0.453. The van der Waals surface area contributed by atoms with Crippen LogP contribution in [0.2, 0.25) is 0 Å². The first-order chi connectivity index (χ1) is 7.27. The highest BCUT2D eigenvalue weighted by molar-refractivity contribution is 5.10. The van der Waals surface area contributed by atoms with Crippen molar-refractivity contribution in [3.8, 4) is 0 Å². The van der Waals surface area contributed by atoms with Crippen LogP contribution >= 0.6 is 0 Å². The second-order valence-corrected chi connectivity index (χ2v) is 3.41. The third-order valence-corrected chi connectivity index (χ3v) is 2.28. The molecule has 0 saturated heterocycles. The molecular formula is C10H13N5. The van der Waals surface area contributed by atoms with E-state index in [1.54, 1.807) is 17.1 Å². The van der Waals surface area contributed by atoms with Crippen LogP contribution in [0.5, 0.6) is 0 Å². The van der Waals surface area contributed by atoms with Crippen LogP contribution in [-0.4, -0.2) is 20.0 Å². The minimum Gasteiger partial charge on any atom is -0.322 e. The van der Waals surface area contributed by atoms with Crippen molar-refractivity contribution < 1.29 is 0 Å². The lowest BCUT2D eigenvalue weighted by Gasteiger charge is -2.10. The molecular weight excluding hydrogens is 190 g/mol. The normalized spacial score (nSPS) is 12.7. The van der Waals surface area contributed by atoms with E-state index in [9.17, 15) is 0 Å². The number of nitrogens with zero attached hydrogens (tertiary/aromatic N) is 4. The van der Waals surface area contributed by atoms with E-state index in [0.29, 0.717) is 6.42 Å². The zero-order chi connectivity index (χ0) is 10.7. The zero-order valence-electron chi connectivity index (χ0n) is 8.54. The molecule has 0 aromatic carbocycles. The van der Waals surface area contributed by atoms with Crippen LogP contribution in [0.4, 0.5) is 0 Å². The summed E-state index contributed by atoms with van der Waals surface area (Å²) in [5.74, 6) is 0. The van der Waals surface area contributed by atoms with Crippen molar-refractivity contribution in [3.63, 3.8) is 0 Å². The molecule has 0 spiro atoms. The number of nitrogens with two attached hydrogens (primary N) is 1. The molecule has 5 heteroatoms. The van der Waals surface area contributed by atoms with Gasteiger partial charge in [-0.3, -0.25) is 9.67 Å². The summed E-state index contributed by atoms with van der Waals surface area (Å²) < 4.78 is 1.69. The molecule has 0 aliphatic carbocycles. The Morgan fingerprint density at radius 2 is 2.33 bits per heavy atom. The molecule has 0 amide bonds. The molecule has 2 aromatic heterocycles. The van der Waals surface area contributed by atoms with E-state index in [0.717, 1.165) is 11.4 Å². The molecule has 0 aliphatic heterocycles. The lowest BCUT2D eigenvalue weighted by molar-refractivity contribution is 0.602. The van der Waals surface area contributed by atoms with Gasteiger partial charge in [-0.1, -0.05) is 11.3 Å². The fourth-order valence-corrected chi connectivity index (χ4v) is 1.48. The van der Waals surface area contributed by atoms with E-state index >= 15 is 0 Å². The second kappa shape index (κ2) is 4.18. The van der Waals surface area contributed by atoms with Crippen LogP contribution in [-0.2, 0) is 13.5 Å². The summed E-state index contributed by atoms with van der Waals surface area (Å²) in [5.41, 5.74) is 7.93. The summed E-state index contributed by atoms with van der Waals surface area (Å²) in [6.45, 7) is 0. The number of rotatable bonds is 3. The largest absolute Gasteiger partial charge is 0.322 e. The highest BCUT2D eigenvalue weighted by Crippen LogP contribution is 2.12. The van der Waals surface area contributed by atoms with E-state index in [-0.39, 0.29) is 6.04 Å². The Balaban J connectivity index is 2.11. The highest BCUT2D eigenvalue weighted by Gasteiger charge is 2.11. The number of aryl methyl sites for hydroxylation is 1. The van der Waals surface area contributed by atoms with E-state index in [1.165, 1.54) is 0 Å². The first-order valence-corrected chi connectivity index (χ1v) is 4.77. The summed E-state index contributed by atoms with van der Waals surface area (Å²) in [6.07, 6.45) is 4.15. The summed E-state index contributed by atoms with van der Waals surface area (Å²) in [4.78, 5) is 4.23. The fraction of sp³-hybridized carbons (Fsp3) is 0.300. The maximum atomic E-state index is 6.03. The second-order valence-electron chi connectivity index (χ2n) is 3.41. The molecule has 0 aliphatic rings. The SMILES string of the molecule is Cn1nncc1C(N)Cc1ccccn1. The van der Waals surface area contributed by atoms with Crippen molar-refractivity contribution in [3.05, 3.63) is 42.0 Å². The average molecular weight is 203 g/mol. The first kappa shape index (κ1) is 9.79. The van der Waals surface area contributed by atoms with Crippen LogP contribution in [0.3, 0.4) is 0 Å². The molecule has 15 heavy (non-hydrogen) atoms. The number of hydrogen-bond donors (Lipinski definition) is 1. The van der Waals surface area contributed by atoms with Gasteiger partial charge in [0.2, 0.25) is 0 Å². The summed E-state index contributed by atoms with van der Waals surface area (Å²) >= 11 is 0. The van der Waals surface area contributed by atoms with Crippen molar-refractivity contribution in [1.82, 2.24) is 20.0 Å². The summed E-state index contributed by atoms with van der Waals surface area (Å²) in [7, 11) is 1.83. The molecule has 1 atom stereocenters. The van der Waals surface area contributed by atoms with Crippen LogP contribution in [0, 0.1) is 0 Å². The Kier molecular flexibility index (Phi) is 2.73. The standard InChI is InChI=1S/C10H13N5/c1-15-10(7-13-14-15)9(11)6-8-4-2-3-5-12-8/h2-5,7,9H,6,11H2,1H3. The maximum absolute atomic E-state index is 6.03. The van der Waals surface area contributed by atoms with E-state index in [4.69, 9.17) is 5.73 Å². The fourth-order valence-electron chi connectivity index (χ4n) is 1.48. The molecule has 0 bridgehead atoms. The molecule has 0 fully saturated rings. The highest BCUT2D eigenvalue weighted by atomic mass is 15.4. The molecule has 0 saturated carbocycles. The monoisotopic (exact) mass is 203 g/mol. The molecule has 0 radical (unpaired) electrons. The van der Waals surface area contributed by atoms with Crippen molar-refractivity contribution in [2.24, 2.45) is 12.8 Å². The van der Waals surface area contributed by atoms with Crippen molar-refractivity contribution >= 4 is 0 Å². The smallest absolute Gasteiger partial charge is 0.0755 e. The Hall–Kier alpha value is -1.75. The Morgan fingerprint density at radius 1 is 1.47 bits per heavy atom. The number of aromatic nitrogens is 4. The van der Waals surface area contributed by atoms with E-state index in [1.807, 2.05) is 25.2 Å². The first-order valence-electron chi connectivity index (χ1n) is 4.77. The van der Waals surface area contributed by atoms with Crippen molar-refractivity contribution in [2.75, 3.05) is 0 Å². The van der Waals surface area contributed by atoms with Crippen LogP contribution in [0.15, 0.2) is 30.6 Å². The molecule has 2 heterocycles. The minimum absolute atomic E-state index is 0.111. The van der Waals surface area contributed by atoms with Crippen LogP contribution < -0.4 is 5.73 Å². The Bertz CT molecular complexity index is 422.